The maximum atomic E-state index is 11.2. The third kappa shape index (κ3) is 6.45. The van der Waals surface area contributed by atoms with Crippen LogP contribution in [0.5, 0.6) is 0 Å². The molecular weight excluding hydrogens is 344 g/mol. The Labute approximate surface area is 153 Å². The molecule has 0 saturated carbocycles. The summed E-state index contributed by atoms with van der Waals surface area (Å²) >= 11 is 0. The number of carbonyl (C=O) groups excluding carboxylic acids is 1. The van der Waals surface area contributed by atoms with E-state index in [2.05, 4.69) is 14.9 Å². The number of aromatic nitrogens is 2. The van der Waals surface area contributed by atoms with E-state index in [4.69, 9.17) is 16.2 Å². The van der Waals surface area contributed by atoms with E-state index in [1.165, 1.54) is 0 Å². The van der Waals surface area contributed by atoms with E-state index < -0.39 is 5.97 Å². The molecule has 0 amide bonds. The quantitative estimate of drug-likeness (QED) is 0.321. The van der Waals surface area contributed by atoms with E-state index in [1.54, 1.807) is 0 Å². The number of aliphatic hydroxyl groups is 2. The molecule has 10 heteroatoms. The van der Waals surface area contributed by atoms with Crippen molar-refractivity contribution in [3.05, 3.63) is 32.9 Å². The lowest BCUT2D eigenvalue weighted by Gasteiger charge is -2.16. The van der Waals surface area contributed by atoms with Crippen molar-refractivity contribution in [2.45, 2.75) is 53.6 Å². The van der Waals surface area contributed by atoms with Gasteiger partial charge in [0.1, 0.15) is 12.4 Å². The summed E-state index contributed by atoms with van der Waals surface area (Å²) in [6.45, 7) is 11.3. The second-order valence-electron chi connectivity index (χ2n) is 7.49. The lowest BCUT2D eigenvalue weighted by Crippen LogP contribution is -2.22. The van der Waals surface area contributed by atoms with Crippen molar-refractivity contribution in [1.29, 1.82) is 11.1 Å². The first kappa shape index (κ1) is 25.8. The predicted octanol–water partition coefficient (Wildman–Crippen LogP) is 1.91. The van der Waals surface area contributed by atoms with Crippen LogP contribution in [0.15, 0.2) is 16.1 Å². The van der Waals surface area contributed by atoms with Gasteiger partial charge in [0.25, 0.3) is 5.56 Å². The van der Waals surface area contributed by atoms with Crippen LogP contribution >= 0.6 is 0 Å². The first-order valence-corrected chi connectivity index (χ1v) is 7.65. The molecule has 0 saturated heterocycles. The van der Waals surface area contributed by atoms with Gasteiger partial charge in [-0.3, -0.25) is 15.0 Å². The van der Waals surface area contributed by atoms with E-state index in [-0.39, 0.29) is 42.3 Å². The first-order chi connectivity index (χ1) is 11.4. The molecule has 0 spiro atoms. The van der Waals surface area contributed by atoms with Crippen molar-refractivity contribution in [3.8, 4) is 0 Å². The summed E-state index contributed by atoms with van der Waals surface area (Å²) in [4.78, 5) is 22.2. The summed E-state index contributed by atoms with van der Waals surface area (Å²) in [6.07, 6.45) is 0. The van der Waals surface area contributed by atoms with Gasteiger partial charge in [-0.25, -0.2) is 15.9 Å². The highest BCUT2D eigenvalue weighted by atomic mass is 16.5. The number of ether oxygens (including phenoxy) is 1. The lowest BCUT2D eigenvalue weighted by atomic mass is 9.86. The SMILES string of the molecule is CC(C)(C)C1=C(O)COC1=O.CC(C)(C)c1c(CO)[nH][nH]c1=O.N=N.O.[HH]. The Morgan fingerprint density at radius 1 is 1.08 bits per heavy atom. The van der Waals surface area contributed by atoms with E-state index in [9.17, 15) is 14.7 Å². The van der Waals surface area contributed by atoms with Gasteiger partial charge >= 0.3 is 5.97 Å². The average molecular weight is 376 g/mol. The van der Waals surface area contributed by atoms with Crippen LogP contribution in [0, 0.1) is 16.5 Å². The number of aliphatic hydroxyl groups excluding tert-OH is 2. The molecule has 1 aromatic heterocycles. The molecule has 0 bridgehead atoms. The highest BCUT2D eigenvalue weighted by Gasteiger charge is 2.33. The van der Waals surface area contributed by atoms with Crippen LogP contribution in [0.3, 0.4) is 0 Å². The molecule has 26 heavy (non-hydrogen) atoms. The third-order valence-corrected chi connectivity index (χ3v) is 3.35. The lowest BCUT2D eigenvalue weighted by molar-refractivity contribution is -0.137. The summed E-state index contributed by atoms with van der Waals surface area (Å²) in [5, 5.41) is 23.2. The Morgan fingerprint density at radius 2 is 1.58 bits per heavy atom. The van der Waals surface area contributed by atoms with Crippen molar-refractivity contribution < 1.29 is 26.6 Å². The number of carbonyl (C=O) groups is 1. The Morgan fingerprint density at radius 3 is 1.81 bits per heavy atom. The van der Waals surface area contributed by atoms with Crippen LogP contribution in [0.1, 0.15) is 54.2 Å². The van der Waals surface area contributed by atoms with Gasteiger partial charge < -0.3 is 20.4 Å². The molecule has 152 valence electrons. The summed E-state index contributed by atoms with van der Waals surface area (Å²) < 4.78 is 4.64. The highest BCUT2D eigenvalue weighted by Crippen LogP contribution is 2.31. The average Bonchev–Trinajstić information content (AvgIpc) is 3.03. The second kappa shape index (κ2) is 9.88. The number of nitrogens with one attached hydrogen (secondary N) is 4. The standard InChI is InChI=1S/C8H14N2O2.C8H12O3.H2N2.H2O.H2/c1-8(2,3)6-5(4-11)9-10-7(6)12;1-8(2,3)6-5(9)4-11-7(6)10;1-2;;/h11H,4H2,1-3H3,(H2,9,10,12);9H,4H2,1-3H3;1-2H;1H2;1H. The van der Waals surface area contributed by atoms with E-state index in [0.717, 1.165) is 0 Å². The van der Waals surface area contributed by atoms with Gasteiger partial charge in [-0.1, -0.05) is 41.5 Å². The minimum atomic E-state index is -0.394. The van der Waals surface area contributed by atoms with Gasteiger partial charge in [0.05, 0.1) is 17.9 Å². The molecule has 10 nitrogen and oxygen atoms in total. The van der Waals surface area contributed by atoms with Gasteiger partial charge in [0.15, 0.2) is 0 Å². The minimum Gasteiger partial charge on any atom is -0.508 e. The molecule has 1 aliphatic heterocycles. The summed E-state index contributed by atoms with van der Waals surface area (Å²) in [5.41, 5.74) is 10.9. The summed E-state index contributed by atoms with van der Waals surface area (Å²) in [5.74, 6) is -0.322. The number of cyclic esters (lactones) is 1. The fourth-order valence-electron chi connectivity index (χ4n) is 2.44. The number of H-pyrrole nitrogens is 2. The van der Waals surface area contributed by atoms with Gasteiger partial charge in [0.2, 0.25) is 0 Å². The molecule has 1 aromatic rings. The van der Waals surface area contributed by atoms with Crippen molar-refractivity contribution in [3.63, 3.8) is 0 Å². The van der Waals surface area contributed by atoms with E-state index >= 15 is 0 Å². The van der Waals surface area contributed by atoms with Crippen molar-refractivity contribution >= 4 is 5.97 Å². The smallest absolute Gasteiger partial charge is 0.338 e. The largest absolute Gasteiger partial charge is 0.508 e. The zero-order valence-corrected chi connectivity index (χ0v) is 16.0. The van der Waals surface area contributed by atoms with Crippen LogP contribution in [0.25, 0.3) is 0 Å². The highest BCUT2D eigenvalue weighted by molar-refractivity contribution is 5.92. The number of rotatable bonds is 1. The van der Waals surface area contributed by atoms with Crippen LogP contribution in [0.4, 0.5) is 0 Å². The zero-order valence-electron chi connectivity index (χ0n) is 16.0. The molecule has 0 fully saturated rings. The molecule has 0 unspecified atom stereocenters. The number of esters is 1. The second-order valence-corrected chi connectivity index (χ2v) is 7.49. The Bertz CT molecular complexity index is 682. The minimum absolute atomic E-state index is 0. The van der Waals surface area contributed by atoms with Gasteiger partial charge in [-0.2, -0.15) is 0 Å². The molecule has 0 aliphatic carbocycles. The Balaban J connectivity index is -0.000000367. The van der Waals surface area contributed by atoms with Gasteiger partial charge in [-0.05, 0) is 10.8 Å². The maximum Gasteiger partial charge on any atom is 0.338 e. The predicted molar refractivity (Wildman–Crippen MR) is 97.3 cm³/mol. The molecule has 2 rings (SSSR count). The monoisotopic (exact) mass is 376 g/mol. The number of hydrogen-bond donors (Lipinski definition) is 6. The topological polar surface area (TPSA) is 195 Å². The molecule has 1 aliphatic rings. The fourth-order valence-corrected chi connectivity index (χ4v) is 2.44. The summed E-state index contributed by atoms with van der Waals surface area (Å²) in [6, 6.07) is 0. The first-order valence-electron chi connectivity index (χ1n) is 7.65. The Hall–Kier alpha value is -2.46. The zero-order chi connectivity index (χ0) is 20.0. The van der Waals surface area contributed by atoms with E-state index in [0.29, 0.717) is 16.8 Å². The fraction of sp³-hybridized carbons (Fsp3) is 0.625. The Kier molecular flexibility index (Phi) is 9.79. The van der Waals surface area contributed by atoms with Crippen LogP contribution < -0.4 is 5.56 Å². The third-order valence-electron chi connectivity index (χ3n) is 3.35. The van der Waals surface area contributed by atoms with E-state index in [1.807, 2.05) is 41.5 Å². The van der Waals surface area contributed by atoms with Crippen LogP contribution in [-0.2, 0) is 21.6 Å². The number of hydrogen-bond acceptors (Lipinski definition) is 7. The molecule has 0 atom stereocenters. The van der Waals surface area contributed by atoms with Crippen molar-refractivity contribution in [2.75, 3.05) is 6.61 Å². The normalized spacial score (nSPS) is 13.7. The summed E-state index contributed by atoms with van der Waals surface area (Å²) in [7, 11) is 0. The maximum absolute atomic E-state index is 11.2. The molecular formula is C16H32N4O6. The van der Waals surface area contributed by atoms with Crippen molar-refractivity contribution in [2.24, 2.45) is 5.41 Å². The molecule has 0 aromatic carbocycles. The van der Waals surface area contributed by atoms with Gasteiger partial charge in [0, 0.05) is 6.99 Å². The van der Waals surface area contributed by atoms with Gasteiger partial charge in [-0.15, -0.1) is 0 Å². The van der Waals surface area contributed by atoms with Crippen LogP contribution in [0.2, 0.25) is 0 Å². The molecule has 2 heterocycles. The van der Waals surface area contributed by atoms with Crippen molar-refractivity contribution in [1.82, 2.24) is 10.2 Å². The number of aromatic amines is 2. The molecule has 0 radical (unpaired) electrons. The molecule has 8 N–H and O–H groups in total. The van der Waals surface area contributed by atoms with Crippen LogP contribution in [-0.4, -0.2) is 38.5 Å².